The number of methoxy groups -OCH3 is 2. The van der Waals surface area contributed by atoms with Crippen molar-refractivity contribution in [1.82, 2.24) is 4.98 Å². The van der Waals surface area contributed by atoms with E-state index in [2.05, 4.69) is 48.3 Å². The first-order chi connectivity index (χ1) is 22.9. The topological polar surface area (TPSA) is 78.0 Å². The fourth-order valence-corrected chi connectivity index (χ4v) is 7.90. The number of rotatable bonds is 10. The molecule has 2 saturated carbocycles. The Labute approximate surface area is 281 Å². The van der Waals surface area contributed by atoms with Crippen molar-refractivity contribution in [3.05, 3.63) is 95.7 Å². The molecule has 1 heterocycles. The van der Waals surface area contributed by atoms with Crippen molar-refractivity contribution in [3.8, 4) is 21.4 Å². The second kappa shape index (κ2) is 15.2. The van der Waals surface area contributed by atoms with Crippen molar-refractivity contribution in [3.63, 3.8) is 0 Å². The Morgan fingerprint density at radius 2 is 1.62 bits per heavy atom. The van der Waals surface area contributed by atoms with E-state index in [0.717, 1.165) is 47.6 Å². The average Bonchev–Trinajstić information content (AvgIpc) is 3.61. The number of aromatic nitrogens is 1. The number of ether oxygens (including phenoxy) is 3. The lowest BCUT2D eigenvalue weighted by atomic mass is 9.78. The summed E-state index contributed by atoms with van der Waals surface area (Å²) in [5.74, 6) is 1.65. The summed E-state index contributed by atoms with van der Waals surface area (Å²) in [6.07, 6.45) is 8.83. The largest absolute Gasteiger partial charge is 0.496 e. The molecular weight excluding hydrogens is 609 g/mol. The summed E-state index contributed by atoms with van der Waals surface area (Å²) in [4.78, 5) is 34.4. The molecule has 1 amide bonds. The fourth-order valence-electron chi connectivity index (χ4n) is 7.17. The summed E-state index contributed by atoms with van der Waals surface area (Å²) in [5.41, 5.74) is 5.06. The lowest BCUT2D eigenvalue weighted by Gasteiger charge is -2.36. The van der Waals surface area contributed by atoms with E-state index >= 15 is 0 Å². The summed E-state index contributed by atoms with van der Waals surface area (Å²) in [5, 5.41) is 0.617. The zero-order valence-corrected chi connectivity index (χ0v) is 28.3. The van der Waals surface area contributed by atoms with Crippen LogP contribution >= 0.6 is 11.3 Å². The number of anilines is 1. The van der Waals surface area contributed by atoms with Crippen LogP contribution in [-0.4, -0.2) is 43.7 Å². The minimum atomic E-state index is -0.293. The third kappa shape index (κ3) is 7.87. The normalized spacial score (nSPS) is 21.1. The summed E-state index contributed by atoms with van der Waals surface area (Å²) >= 11 is 1.50. The predicted molar refractivity (Wildman–Crippen MR) is 186 cm³/mol. The van der Waals surface area contributed by atoms with Crippen molar-refractivity contribution < 1.29 is 23.8 Å². The molecule has 0 spiro atoms. The number of carbonyl (C=O) groups excluding carboxylic acids is 2. The molecule has 6 rings (SSSR count). The number of carbonyl (C=O) groups is 2. The number of benzene rings is 3. The van der Waals surface area contributed by atoms with Gasteiger partial charge in [-0.3, -0.25) is 4.79 Å². The van der Waals surface area contributed by atoms with Gasteiger partial charge in [0.2, 0.25) is 5.91 Å². The Morgan fingerprint density at radius 1 is 0.851 bits per heavy atom. The Bertz CT molecular complexity index is 1650. The molecule has 246 valence electrons. The maximum absolute atomic E-state index is 14.4. The van der Waals surface area contributed by atoms with Gasteiger partial charge in [-0.15, -0.1) is 0 Å². The molecule has 0 N–H and O–H groups in total. The molecule has 0 saturated heterocycles. The minimum Gasteiger partial charge on any atom is -0.496 e. The quantitative estimate of drug-likeness (QED) is 0.159. The van der Waals surface area contributed by atoms with E-state index in [-0.39, 0.29) is 23.9 Å². The van der Waals surface area contributed by atoms with E-state index in [1.165, 1.54) is 22.5 Å². The van der Waals surface area contributed by atoms with Gasteiger partial charge in [0.25, 0.3) is 5.19 Å². The van der Waals surface area contributed by atoms with Gasteiger partial charge in [-0.25, -0.2) is 9.78 Å². The minimum absolute atomic E-state index is 0.104. The summed E-state index contributed by atoms with van der Waals surface area (Å²) in [6, 6.07) is 23.9. The first kappa shape index (κ1) is 32.8. The Balaban J connectivity index is 1.15. The number of aryl methyl sites for hydroxylation is 1. The molecule has 4 aromatic rings. The van der Waals surface area contributed by atoms with Crippen molar-refractivity contribution in [2.45, 2.75) is 70.3 Å². The van der Waals surface area contributed by atoms with Crippen LogP contribution in [0.3, 0.4) is 0 Å². The molecule has 0 atom stereocenters. The van der Waals surface area contributed by atoms with Gasteiger partial charge < -0.3 is 19.1 Å². The van der Waals surface area contributed by atoms with Crippen LogP contribution in [0.4, 0.5) is 5.69 Å². The summed E-state index contributed by atoms with van der Waals surface area (Å²) in [6.45, 7) is 2.81. The fraction of sp³-hybridized carbons (Fsp3) is 0.410. The van der Waals surface area contributed by atoms with Crippen LogP contribution in [0.25, 0.3) is 10.4 Å². The van der Waals surface area contributed by atoms with Gasteiger partial charge in [-0.05, 0) is 117 Å². The van der Waals surface area contributed by atoms with E-state index in [4.69, 9.17) is 14.2 Å². The van der Waals surface area contributed by atoms with E-state index in [1.54, 1.807) is 26.4 Å². The number of hydrogen-bond acceptors (Lipinski definition) is 7. The first-order valence-corrected chi connectivity index (χ1v) is 17.6. The second-order valence-electron chi connectivity index (χ2n) is 12.9. The zero-order chi connectivity index (χ0) is 32.8. The number of amides is 1. The molecule has 7 nitrogen and oxygen atoms in total. The zero-order valence-electron chi connectivity index (χ0n) is 27.5. The molecule has 0 radical (unpaired) electrons. The number of esters is 1. The van der Waals surface area contributed by atoms with Crippen LogP contribution in [-0.2, 0) is 9.53 Å². The molecule has 0 aliphatic heterocycles. The molecule has 8 heteroatoms. The molecule has 0 bridgehead atoms. The smallest absolute Gasteiger partial charge is 0.338 e. The van der Waals surface area contributed by atoms with Gasteiger partial charge in [0.1, 0.15) is 11.9 Å². The number of thiazole rings is 1. The molecular formula is C39H44N2O5S. The number of hydrogen-bond donors (Lipinski definition) is 0. The highest BCUT2D eigenvalue weighted by atomic mass is 32.1. The lowest BCUT2D eigenvalue weighted by molar-refractivity contribution is -0.124. The molecule has 0 unspecified atom stereocenters. The second-order valence-corrected chi connectivity index (χ2v) is 13.9. The van der Waals surface area contributed by atoms with Crippen LogP contribution in [0.2, 0.25) is 0 Å². The lowest BCUT2D eigenvalue weighted by Crippen LogP contribution is -2.42. The summed E-state index contributed by atoms with van der Waals surface area (Å²) in [7, 11) is 3.35. The van der Waals surface area contributed by atoms with Gasteiger partial charge in [0.15, 0.2) is 0 Å². The van der Waals surface area contributed by atoms with E-state index < -0.39 is 0 Å². The van der Waals surface area contributed by atoms with Crippen LogP contribution in [0.1, 0.15) is 78.8 Å². The van der Waals surface area contributed by atoms with Gasteiger partial charge in [0, 0.05) is 24.3 Å². The Morgan fingerprint density at radius 3 is 2.30 bits per heavy atom. The van der Waals surface area contributed by atoms with Crippen LogP contribution in [0, 0.1) is 18.8 Å². The molecule has 2 aliphatic rings. The third-order valence-corrected chi connectivity index (χ3v) is 10.9. The maximum Gasteiger partial charge on any atom is 0.338 e. The van der Waals surface area contributed by atoms with E-state index in [0.29, 0.717) is 54.8 Å². The van der Waals surface area contributed by atoms with Crippen LogP contribution < -0.4 is 14.4 Å². The van der Waals surface area contributed by atoms with Gasteiger partial charge in [0.05, 0.1) is 24.7 Å². The highest BCUT2D eigenvalue weighted by molar-refractivity contribution is 7.16. The van der Waals surface area contributed by atoms with Gasteiger partial charge >= 0.3 is 5.97 Å². The van der Waals surface area contributed by atoms with E-state index in [9.17, 15) is 9.59 Å². The van der Waals surface area contributed by atoms with Crippen molar-refractivity contribution in [2.24, 2.45) is 11.8 Å². The van der Waals surface area contributed by atoms with Crippen LogP contribution in [0.15, 0.2) is 79.0 Å². The molecule has 1 aromatic heterocycles. The molecule has 3 aromatic carbocycles. The van der Waals surface area contributed by atoms with Gasteiger partial charge in [-0.2, -0.15) is 0 Å². The molecule has 47 heavy (non-hydrogen) atoms. The van der Waals surface area contributed by atoms with Crippen molar-refractivity contribution in [2.75, 3.05) is 25.7 Å². The predicted octanol–water partition coefficient (Wildman–Crippen LogP) is 8.86. The Kier molecular flexibility index (Phi) is 10.6. The SMILES string of the molecule is COc1ncc(-c2cccc(N(C[C@H]3CC[C@H](c4ccc(OC)c(C)c4)CC3)C(=O)[C@H]3CC[C@@H](OC(=O)c4ccccc4)CC3)c2)s1. The Hall–Kier alpha value is -4.17. The van der Waals surface area contributed by atoms with Crippen LogP contribution in [0.5, 0.6) is 10.9 Å². The number of nitrogens with zero attached hydrogens (tertiary/aromatic N) is 2. The highest BCUT2D eigenvalue weighted by Crippen LogP contribution is 2.40. The molecule has 2 fully saturated rings. The van der Waals surface area contributed by atoms with Crippen molar-refractivity contribution in [1.29, 1.82) is 0 Å². The first-order valence-electron chi connectivity index (χ1n) is 16.7. The molecule has 2 aliphatic carbocycles. The standard InChI is InChI=1S/C39H44N2O5S/c1-26-22-31(18-21-35(26)44-2)28-14-12-27(13-15-28)25-41(33-11-7-10-32(23-33)36-24-40-39(45-3)47-36)37(42)29-16-19-34(20-17-29)46-38(43)30-8-5-4-6-9-30/h4-11,18,21-24,27-29,34H,12-17,19-20,25H2,1-3H3/t27-,28-,29-,34+. The van der Waals surface area contributed by atoms with Gasteiger partial charge in [-0.1, -0.05) is 53.8 Å². The van der Waals surface area contributed by atoms with Crippen molar-refractivity contribution >= 4 is 28.9 Å². The van der Waals surface area contributed by atoms with E-state index in [1.807, 2.05) is 35.4 Å². The maximum atomic E-state index is 14.4. The monoisotopic (exact) mass is 652 g/mol. The third-order valence-electron chi connectivity index (χ3n) is 9.85. The summed E-state index contributed by atoms with van der Waals surface area (Å²) < 4.78 is 16.6. The highest BCUT2D eigenvalue weighted by Gasteiger charge is 2.34. The average molecular weight is 653 g/mol.